The molecular weight excluding hydrogens is 332 g/mol. The Morgan fingerprint density at radius 3 is 2.46 bits per heavy atom. The number of hydrogen-bond acceptors (Lipinski definition) is 5. The van der Waals surface area contributed by atoms with E-state index in [0.717, 1.165) is 38.5 Å². The summed E-state index contributed by atoms with van der Waals surface area (Å²) in [4.78, 5) is 17.0. The second-order valence-electron chi connectivity index (χ2n) is 6.48. The van der Waals surface area contributed by atoms with Crippen LogP contribution >= 0.6 is 0 Å². The third-order valence-corrected chi connectivity index (χ3v) is 4.84. The minimum absolute atomic E-state index is 0.0485. The van der Waals surface area contributed by atoms with Crippen molar-refractivity contribution in [1.82, 2.24) is 9.80 Å². The molecule has 0 bridgehead atoms. The first kappa shape index (κ1) is 16.7. The van der Waals surface area contributed by atoms with Crippen LogP contribution in [-0.4, -0.2) is 55.8 Å². The van der Waals surface area contributed by atoms with Crippen LogP contribution in [-0.2, 0) is 6.54 Å². The molecule has 136 valence electrons. The number of fused-ring (bicyclic) bond motifs is 1. The fraction of sp³-hybridized carbons (Fsp3) is 0.350. The van der Waals surface area contributed by atoms with Gasteiger partial charge in [0.15, 0.2) is 11.5 Å². The number of benzene rings is 2. The molecular formula is C20H22N2O4. The second kappa shape index (κ2) is 7.25. The van der Waals surface area contributed by atoms with Crippen molar-refractivity contribution < 1.29 is 19.0 Å². The van der Waals surface area contributed by atoms with Gasteiger partial charge in [0.1, 0.15) is 5.75 Å². The van der Waals surface area contributed by atoms with E-state index in [1.165, 1.54) is 5.56 Å². The predicted molar refractivity (Wildman–Crippen MR) is 96.7 cm³/mol. The Labute approximate surface area is 152 Å². The highest BCUT2D eigenvalue weighted by molar-refractivity contribution is 5.95. The maximum Gasteiger partial charge on any atom is 0.254 e. The van der Waals surface area contributed by atoms with Crippen LogP contribution in [0.3, 0.4) is 0 Å². The highest BCUT2D eigenvalue weighted by atomic mass is 16.7. The largest absolute Gasteiger partial charge is 0.497 e. The predicted octanol–water partition coefficient (Wildman–Crippen LogP) is 2.38. The molecule has 0 spiro atoms. The molecule has 2 aromatic rings. The molecule has 2 aliphatic rings. The lowest BCUT2D eigenvalue weighted by atomic mass is 10.1. The number of hydrogen-bond donors (Lipinski definition) is 0. The van der Waals surface area contributed by atoms with Gasteiger partial charge in [-0.3, -0.25) is 9.69 Å². The summed E-state index contributed by atoms with van der Waals surface area (Å²) in [6.07, 6.45) is 0. The average Bonchev–Trinajstić information content (AvgIpc) is 3.16. The molecule has 2 heterocycles. The summed E-state index contributed by atoms with van der Waals surface area (Å²) in [6.45, 7) is 4.28. The van der Waals surface area contributed by atoms with Gasteiger partial charge in [0, 0.05) is 38.3 Å². The Hall–Kier alpha value is -2.73. The number of rotatable bonds is 4. The van der Waals surface area contributed by atoms with Gasteiger partial charge in [-0.2, -0.15) is 0 Å². The monoisotopic (exact) mass is 354 g/mol. The van der Waals surface area contributed by atoms with Crippen molar-refractivity contribution in [3.05, 3.63) is 53.6 Å². The lowest BCUT2D eigenvalue weighted by Crippen LogP contribution is -2.48. The number of nitrogens with zero attached hydrogens (tertiary/aromatic N) is 2. The molecule has 1 amide bonds. The lowest BCUT2D eigenvalue weighted by Gasteiger charge is -2.34. The van der Waals surface area contributed by atoms with Crippen molar-refractivity contribution in [2.75, 3.05) is 40.1 Å². The molecule has 1 fully saturated rings. The fourth-order valence-corrected chi connectivity index (χ4v) is 3.31. The summed E-state index contributed by atoms with van der Waals surface area (Å²) in [6, 6.07) is 13.5. The summed E-state index contributed by atoms with van der Waals surface area (Å²) in [7, 11) is 1.67. The van der Waals surface area contributed by atoms with Gasteiger partial charge in [0.2, 0.25) is 6.79 Å². The van der Waals surface area contributed by atoms with Crippen LogP contribution in [0.1, 0.15) is 15.9 Å². The maximum atomic E-state index is 12.7. The van der Waals surface area contributed by atoms with Gasteiger partial charge >= 0.3 is 0 Å². The third kappa shape index (κ3) is 3.46. The van der Waals surface area contributed by atoms with Crippen LogP contribution in [0, 0.1) is 0 Å². The zero-order chi connectivity index (χ0) is 17.9. The SMILES string of the molecule is COc1ccc(CN2CCN(C(=O)c3ccc4c(c3)OCO4)CC2)cc1. The summed E-state index contributed by atoms with van der Waals surface area (Å²) >= 11 is 0. The zero-order valence-electron chi connectivity index (χ0n) is 14.8. The molecule has 0 radical (unpaired) electrons. The minimum atomic E-state index is 0.0485. The van der Waals surface area contributed by atoms with E-state index in [1.54, 1.807) is 25.3 Å². The van der Waals surface area contributed by atoms with E-state index in [4.69, 9.17) is 14.2 Å². The van der Waals surface area contributed by atoms with Crippen LogP contribution in [0.4, 0.5) is 0 Å². The molecule has 2 aliphatic heterocycles. The summed E-state index contributed by atoms with van der Waals surface area (Å²) in [5.74, 6) is 2.26. The van der Waals surface area contributed by atoms with Gasteiger partial charge in [0.05, 0.1) is 7.11 Å². The van der Waals surface area contributed by atoms with Crippen LogP contribution in [0.25, 0.3) is 0 Å². The number of piperazine rings is 1. The maximum absolute atomic E-state index is 12.7. The molecule has 0 aliphatic carbocycles. The van der Waals surface area contributed by atoms with Gasteiger partial charge in [-0.1, -0.05) is 12.1 Å². The van der Waals surface area contributed by atoms with E-state index < -0.39 is 0 Å². The highest BCUT2D eigenvalue weighted by Crippen LogP contribution is 2.32. The topological polar surface area (TPSA) is 51.2 Å². The summed E-state index contributed by atoms with van der Waals surface area (Å²) in [5, 5.41) is 0. The van der Waals surface area contributed by atoms with E-state index in [-0.39, 0.29) is 12.7 Å². The molecule has 0 N–H and O–H groups in total. The molecule has 6 heteroatoms. The number of methoxy groups -OCH3 is 1. The first-order chi connectivity index (χ1) is 12.7. The van der Waals surface area contributed by atoms with E-state index in [9.17, 15) is 4.79 Å². The average molecular weight is 354 g/mol. The molecule has 0 unspecified atom stereocenters. The van der Waals surface area contributed by atoms with Gasteiger partial charge < -0.3 is 19.1 Å². The van der Waals surface area contributed by atoms with Crippen LogP contribution < -0.4 is 14.2 Å². The van der Waals surface area contributed by atoms with E-state index in [2.05, 4.69) is 17.0 Å². The Bertz CT molecular complexity index is 783. The van der Waals surface area contributed by atoms with E-state index >= 15 is 0 Å². The standard InChI is InChI=1S/C20H22N2O4/c1-24-17-5-2-15(3-6-17)13-21-8-10-22(11-9-21)20(23)16-4-7-18-19(12-16)26-14-25-18/h2-7,12H,8-11,13-14H2,1H3. The number of amides is 1. The Balaban J connectivity index is 1.33. The minimum Gasteiger partial charge on any atom is -0.497 e. The number of carbonyl (C=O) groups excluding carboxylic acids is 1. The van der Waals surface area contributed by atoms with E-state index in [0.29, 0.717) is 17.1 Å². The first-order valence-electron chi connectivity index (χ1n) is 8.77. The van der Waals surface area contributed by atoms with Crippen LogP contribution in [0.2, 0.25) is 0 Å². The molecule has 2 aromatic carbocycles. The lowest BCUT2D eigenvalue weighted by molar-refractivity contribution is 0.0628. The zero-order valence-corrected chi connectivity index (χ0v) is 14.8. The van der Waals surface area contributed by atoms with Crippen LogP contribution in [0.15, 0.2) is 42.5 Å². The molecule has 4 rings (SSSR count). The molecule has 0 saturated carbocycles. The van der Waals surface area contributed by atoms with Crippen molar-refractivity contribution in [3.8, 4) is 17.2 Å². The van der Waals surface area contributed by atoms with Crippen molar-refractivity contribution in [1.29, 1.82) is 0 Å². The van der Waals surface area contributed by atoms with Gasteiger partial charge in [-0.25, -0.2) is 0 Å². The Morgan fingerprint density at radius 1 is 1.00 bits per heavy atom. The third-order valence-electron chi connectivity index (χ3n) is 4.84. The van der Waals surface area contributed by atoms with Crippen molar-refractivity contribution in [2.24, 2.45) is 0 Å². The van der Waals surface area contributed by atoms with Crippen LogP contribution in [0.5, 0.6) is 17.2 Å². The van der Waals surface area contributed by atoms with Crippen molar-refractivity contribution >= 4 is 5.91 Å². The van der Waals surface area contributed by atoms with Gasteiger partial charge in [0.25, 0.3) is 5.91 Å². The summed E-state index contributed by atoms with van der Waals surface area (Å²) in [5.41, 5.74) is 1.90. The molecule has 0 aromatic heterocycles. The van der Waals surface area contributed by atoms with Gasteiger partial charge in [-0.15, -0.1) is 0 Å². The molecule has 1 saturated heterocycles. The quantitative estimate of drug-likeness (QED) is 0.844. The molecule has 26 heavy (non-hydrogen) atoms. The number of ether oxygens (including phenoxy) is 3. The first-order valence-corrected chi connectivity index (χ1v) is 8.77. The molecule has 0 atom stereocenters. The highest BCUT2D eigenvalue weighted by Gasteiger charge is 2.24. The Morgan fingerprint density at radius 2 is 1.73 bits per heavy atom. The normalized spacial score (nSPS) is 16.6. The number of carbonyl (C=O) groups is 1. The fourth-order valence-electron chi connectivity index (χ4n) is 3.31. The Kier molecular flexibility index (Phi) is 4.67. The smallest absolute Gasteiger partial charge is 0.254 e. The van der Waals surface area contributed by atoms with E-state index in [1.807, 2.05) is 17.0 Å². The second-order valence-corrected chi connectivity index (χ2v) is 6.48. The van der Waals surface area contributed by atoms with Gasteiger partial charge in [-0.05, 0) is 35.9 Å². The molecule has 6 nitrogen and oxygen atoms in total. The summed E-state index contributed by atoms with van der Waals surface area (Å²) < 4.78 is 15.9. The van der Waals surface area contributed by atoms with Crippen molar-refractivity contribution in [2.45, 2.75) is 6.54 Å². The van der Waals surface area contributed by atoms with Crippen molar-refractivity contribution in [3.63, 3.8) is 0 Å².